The summed E-state index contributed by atoms with van der Waals surface area (Å²) in [5.74, 6) is 0.240. The third kappa shape index (κ3) is 4.70. The number of methoxy groups -OCH3 is 1. The Labute approximate surface area is 160 Å². The van der Waals surface area contributed by atoms with E-state index in [0.29, 0.717) is 12.2 Å². The average molecular weight is 372 g/mol. The molecule has 0 radical (unpaired) electrons. The van der Waals surface area contributed by atoms with Crippen molar-refractivity contribution in [3.05, 3.63) is 52.3 Å². The third-order valence-electron chi connectivity index (χ3n) is 4.60. The summed E-state index contributed by atoms with van der Waals surface area (Å²) in [5, 5.41) is 3.01. The van der Waals surface area contributed by atoms with Crippen molar-refractivity contribution in [1.82, 2.24) is 9.88 Å². The lowest BCUT2D eigenvalue weighted by molar-refractivity contribution is -0.122. The number of esters is 1. The van der Waals surface area contributed by atoms with Crippen LogP contribution in [0.1, 0.15) is 52.8 Å². The number of aromatic nitrogens is 1. The largest absolute Gasteiger partial charge is 0.496 e. The number of rotatable bonds is 7. The second-order valence-electron chi connectivity index (χ2n) is 6.63. The lowest BCUT2D eigenvalue weighted by Crippen LogP contribution is -2.31. The predicted octanol–water partition coefficient (Wildman–Crippen LogP) is 3.48. The van der Waals surface area contributed by atoms with Crippen molar-refractivity contribution < 1.29 is 19.1 Å². The number of ether oxygens (including phenoxy) is 2. The van der Waals surface area contributed by atoms with Crippen molar-refractivity contribution in [3.63, 3.8) is 0 Å². The SMILES string of the molecule is CCOC(=O)c1cc(C)n(CC(=O)N[C@H](C)c2cc(C)ccc2OC)c1C. The predicted molar refractivity (Wildman–Crippen MR) is 104 cm³/mol. The van der Waals surface area contributed by atoms with Gasteiger partial charge in [-0.05, 0) is 46.8 Å². The number of benzene rings is 1. The average Bonchev–Trinajstić information content (AvgIpc) is 2.90. The molecule has 1 N–H and O–H groups in total. The molecule has 0 aliphatic carbocycles. The van der Waals surface area contributed by atoms with Gasteiger partial charge in [0.1, 0.15) is 12.3 Å². The Hall–Kier alpha value is -2.76. The molecule has 0 saturated heterocycles. The van der Waals surface area contributed by atoms with E-state index < -0.39 is 0 Å². The first-order chi connectivity index (χ1) is 12.8. The topological polar surface area (TPSA) is 69.6 Å². The van der Waals surface area contributed by atoms with E-state index in [1.165, 1.54) is 0 Å². The molecule has 2 rings (SSSR count). The van der Waals surface area contributed by atoms with Gasteiger partial charge in [-0.3, -0.25) is 4.79 Å². The quantitative estimate of drug-likeness (QED) is 0.756. The molecule has 27 heavy (non-hydrogen) atoms. The molecule has 0 aliphatic rings. The maximum atomic E-state index is 12.6. The molecule has 0 bridgehead atoms. The van der Waals surface area contributed by atoms with E-state index in [-0.39, 0.29) is 24.5 Å². The van der Waals surface area contributed by atoms with Crippen molar-refractivity contribution in [2.75, 3.05) is 13.7 Å². The molecule has 146 valence electrons. The third-order valence-corrected chi connectivity index (χ3v) is 4.60. The maximum Gasteiger partial charge on any atom is 0.339 e. The Kier molecular flexibility index (Phi) is 6.66. The molecule has 6 nitrogen and oxygen atoms in total. The highest BCUT2D eigenvalue weighted by molar-refractivity contribution is 5.91. The van der Waals surface area contributed by atoms with Gasteiger partial charge in [-0.15, -0.1) is 0 Å². The van der Waals surface area contributed by atoms with E-state index in [4.69, 9.17) is 9.47 Å². The molecule has 0 aliphatic heterocycles. The molecule has 0 spiro atoms. The minimum Gasteiger partial charge on any atom is -0.496 e. The summed E-state index contributed by atoms with van der Waals surface area (Å²) in [4.78, 5) is 24.6. The van der Waals surface area contributed by atoms with Gasteiger partial charge in [-0.1, -0.05) is 17.7 Å². The van der Waals surface area contributed by atoms with Crippen LogP contribution in [0.2, 0.25) is 0 Å². The molecule has 2 aromatic rings. The van der Waals surface area contributed by atoms with E-state index in [1.807, 2.05) is 50.5 Å². The molecule has 1 aromatic heterocycles. The number of nitrogens with zero attached hydrogens (tertiary/aromatic N) is 1. The zero-order valence-electron chi connectivity index (χ0n) is 16.9. The van der Waals surface area contributed by atoms with Crippen molar-refractivity contribution in [1.29, 1.82) is 0 Å². The van der Waals surface area contributed by atoms with Crippen molar-refractivity contribution in [2.45, 2.75) is 47.2 Å². The molecular weight excluding hydrogens is 344 g/mol. The molecule has 6 heteroatoms. The van der Waals surface area contributed by atoms with Gasteiger partial charge in [0.15, 0.2) is 0 Å². The van der Waals surface area contributed by atoms with Crippen molar-refractivity contribution in [3.8, 4) is 5.75 Å². The summed E-state index contributed by atoms with van der Waals surface area (Å²) in [6.07, 6.45) is 0. The van der Waals surface area contributed by atoms with Crippen LogP contribution in [-0.4, -0.2) is 30.2 Å². The first-order valence-electron chi connectivity index (χ1n) is 9.06. The molecule has 0 fully saturated rings. The fourth-order valence-corrected chi connectivity index (χ4v) is 3.16. The fraction of sp³-hybridized carbons (Fsp3) is 0.429. The highest BCUT2D eigenvalue weighted by atomic mass is 16.5. The Morgan fingerprint density at radius 1 is 1.19 bits per heavy atom. The highest BCUT2D eigenvalue weighted by Gasteiger charge is 2.19. The first kappa shape index (κ1) is 20.6. The van der Waals surface area contributed by atoms with Gasteiger partial charge in [-0.2, -0.15) is 0 Å². The number of hydrogen-bond donors (Lipinski definition) is 1. The van der Waals surface area contributed by atoms with Crippen LogP contribution in [0.3, 0.4) is 0 Å². The minimum absolute atomic E-state index is 0.134. The Morgan fingerprint density at radius 2 is 1.89 bits per heavy atom. The monoisotopic (exact) mass is 372 g/mol. The van der Waals surface area contributed by atoms with Gasteiger partial charge in [0.2, 0.25) is 5.91 Å². The summed E-state index contributed by atoms with van der Waals surface area (Å²) in [7, 11) is 1.62. The Balaban J connectivity index is 2.14. The van der Waals surface area contributed by atoms with Gasteiger partial charge in [0, 0.05) is 17.0 Å². The first-order valence-corrected chi connectivity index (χ1v) is 9.06. The smallest absolute Gasteiger partial charge is 0.339 e. The van der Waals surface area contributed by atoms with E-state index in [9.17, 15) is 9.59 Å². The lowest BCUT2D eigenvalue weighted by atomic mass is 10.0. The highest BCUT2D eigenvalue weighted by Crippen LogP contribution is 2.26. The van der Waals surface area contributed by atoms with Crippen LogP contribution in [0, 0.1) is 20.8 Å². The molecule has 0 saturated carbocycles. The van der Waals surface area contributed by atoms with E-state index in [2.05, 4.69) is 5.32 Å². The molecule has 1 amide bonds. The number of aryl methyl sites for hydroxylation is 2. The second kappa shape index (κ2) is 8.75. The van der Waals surface area contributed by atoms with Gasteiger partial charge >= 0.3 is 5.97 Å². The second-order valence-corrected chi connectivity index (χ2v) is 6.63. The lowest BCUT2D eigenvalue weighted by Gasteiger charge is -2.19. The van der Waals surface area contributed by atoms with Crippen LogP contribution in [0.5, 0.6) is 5.75 Å². The number of hydrogen-bond acceptors (Lipinski definition) is 4. The summed E-state index contributed by atoms with van der Waals surface area (Å²) < 4.78 is 12.3. The Morgan fingerprint density at radius 3 is 2.52 bits per heavy atom. The Bertz CT molecular complexity index is 839. The fourth-order valence-electron chi connectivity index (χ4n) is 3.16. The van der Waals surface area contributed by atoms with Crippen LogP contribution < -0.4 is 10.1 Å². The van der Waals surface area contributed by atoms with Crippen molar-refractivity contribution >= 4 is 11.9 Å². The van der Waals surface area contributed by atoms with Crippen molar-refractivity contribution in [2.24, 2.45) is 0 Å². The zero-order chi connectivity index (χ0) is 20.1. The number of carbonyl (C=O) groups is 2. The number of carbonyl (C=O) groups excluding carboxylic acids is 2. The van der Waals surface area contributed by atoms with E-state index in [1.54, 1.807) is 20.1 Å². The molecular formula is C21H28N2O4. The summed E-state index contributed by atoms with van der Waals surface area (Å²) in [6, 6.07) is 7.44. The summed E-state index contributed by atoms with van der Waals surface area (Å²) in [6.45, 7) is 9.84. The summed E-state index contributed by atoms with van der Waals surface area (Å²) >= 11 is 0. The maximum absolute atomic E-state index is 12.6. The molecule has 1 atom stereocenters. The van der Waals surface area contributed by atoms with Gasteiger partial charge < -0.3 is 19.4 Å². The van der Waals surface area contributed by atoms with Crippen LogP contribution in [-0.2, 0) is 16.1 Å². The van der Waals surface area contributed by atoms with E-state index >= 15 is 0 Å². The molecule has 0 unspecified atom stereocenters. The standard InChI is InChI=1S/C21H28N2O4/c1-7-27-21(25)18-11-14(3)23(16(18)5)12-20(24)22-15(4)17-10-13(2)8-9-19(17)26-6/h8-11,15H,7,12H2,1-6H3,(H,22,24)/t15-/m1/s1. The van der Waals surface area contributed by atoms with E-state index in [0.717, 1.165) is 28.3 Å². The van der Waals surface area contributed by atoms with Crippen LogP contribution in [0.15, 0.2) is 24.3 Å². The zero-order valence-corrected chi connectivity index (χ0v) is 16.9. The van der Waals surface area contributed by atoms with Crippen LogP contribution in [0.4, 0.5) is 0 Å². The molecule has 1 heterocycles. The van der Waals surface area contributed by atoms with Gasteiger partial charge in [0.25, 0.3) is 0 Å². The minimum atomic E-state index is -0.366. The van der Waals surface area contributed by atoms with Crippen LogP contribution >= 0.6 is 0 Å². The van der Waals surface area contributed by atoms with Gasteiger partial charge in [0.05, 0.1) is 25.3 Å². The number of nitrogens with one attached hydrogen (secondary N) is 1. The normalized spacial score (nSPS) is 11.8. The summed E-state index contributed by atoms with van der Waals surface area (Å²) in [5.41, 5.74) is 4.09. The van der Waals surface area contributed by atoms with Gasteiger partial charge in [-0.25, -0.2) is 4.79 Å². The molecule has 1 aromatic carbocycles. The number of amides is 1. The van der Waals surface area contributed by atoms with Crippen LogP contribution in [0.25, 0.3) is 0 Å².